The van der Waals surface area contributed by atoms with Crippen molar-refractivity contribution < 1.29 is 9.59 Å². The highest BCUT2D eigenvalue weighted by atomic mass is 16.2. The molecular formula is C26H26N4O2. The van der Waals surface area contributed by atoms with E-state index in [0.29, 0.717) is 36.3 Å². The monoisotopic (exact) mass is 426 g/mol. The number of fused-ring (bicyclic) bond motifs is 1. The zero-order valence-electron chi connectivity index (χ0n) is 17.7. The molecule has 1 aromatic heterocycles. The number of aromatic amines is 1. The van der Waals surface area contributed by atoms with Gasteiger partial charge in [0.1, 0.15) is 0 Å². The molecule has 0 aliphatic rings. The van der Waals surface area contributed by atoms with Crippen molar-refractivity contribution >= 4 is 34.1 Å². The van der Waals surface area contributed by atoms with Crippen LogP contribution in [0, 0.1) is 0 Å². The summed E-state index contributed by atoms with van der Waals surface area (Å²) in [5.41, 5.74) is 11.1. The summed E-state index contributed by atoms with van der Waals surface area (Å²) >= 11 is 0. The van der Waals surface area contributed by atoms with Gasteiger partial charge >= 0.3 is 0 Å². The fourth-order valence-corrected chi connectivity index (χ4v) is 3.65. The van der Waals surface area contributed by atoms with Crippen LogP contribution >= 0.6 is 0 Å². The number of nitrogens with one attached hydrogen (secondary N) is 3. The molecule has 0 saturated heterocycles. The number of carbonyl (C=O) groups is 2. The second kappa shape index (κ2) is 9.94. The summed E-state index contributed by atoms with van der Waals surface area (Å²) < 4.78 is 0. The lowest BCUT2D eigenvalue weighted by molar-refractivity contribution is -0.116. The van der Waals surface area contributed by atoms with Gasteiger partial charge in [0.05, 0.1) is 0 Å². The molecule has 0 bridgehead atoms. The second-order valence-electron chi connectivity index (χ2n) is 7.68. The molecule has 0 radical (unpaired) electrons. The Kier molecular flexibility index (Phi) is 6.63. The van der Waals surface area contributed by atoms with Crippen LogP contribution in [-0.4, -0.2) is 23.3 Å². The number of aryl methyl sites for hydroxylation is 1. The molecule has 162 valence electrons. The predicted octanol–water partition coefficient (Wildman–Crippen LogP) is 4.49. The number of benzene rings is 3. The number of aromatic nitrogens is 1. The SMILES string of the molecule is NCCc1c[nH]c2ccc(CCC(=O)Nc3ccc(NC(=O)c4ccccc4)cc3)cc12. The lowest BCUT2D eigenvalue weighted by Crippen LogP contribution is -2.13. The molecule has 32 heavy (non-hydrogen) atoms. The molecule has 6 heteroatoms. The highest BCUT2D eigenvalue weighted by molar-refractivity contribution is 6.04. The third-order valence-electron chi connectivity index (χ3n) is 5.35. The van der Waals surface area contributed by atoms with Gasteiger partial charge in [0, 0.05) is 40.5 Å². The average Bonchev–Trinajstić information content (AvgIpc) is 3.22. The minimum atomic E-state index is -0.170. The molecule has 4 aromatic rings. The van der Waals surface area contributed by atoms with E-state index in [1.165, 1.54) is 10.9 Å². The molecule has 1 heterocycles. The number of H-pyrrole nitrogens is 1. The van der Waals surface area contributed by atoms with Gasteiger partial charge in [-0.1, -0.05) is 24.3 Å². The van der Waals surface area contributed by atoms with Gasteiger partial charge in [-0.3, -0.25) is 9.59 Å². The third-order valence-corrected chi connectivity index (χ3v) is 5.35. The van der Waals surface area contributed by atoms with Crippen LogP contribution < -0.4 is 16.4 Å². The van der Waals surface area contributed by atoms with Gasteiger partial charge in [0.25, 0.3) is 5.91 Å². The molecule has 6 nitrogen and oxygen atoms in total. The van der Waals surface area contributed by atoms with Crippen molar-refractivity contribution in [1.82, 2.24) is 4.98 Å². The van der Waals surface area contributed by atoms with Gasteiger partial charge in [-0.2, -0.15) is 0 Å². The first-order chi connectivity index (χ1) is 15.6. The number of hydrogen-bond donors (Lipinski definition) is 4. The van der Waals surface area contributed by atoms with E-state index >= 15 is 0 Å². The number of hydrogen-bond acceptors (Lipinski definition) is 3. The molecule has 5 N–H and O–H groups in total. The summed E-state index contributed by atoms with van der Waals surface area (Å²) in [4.78, 5) is 27.9. The molecule has 0 spiro atoms. The van der Waals surface area contributed by atoms with E-state index in [2.05, 4.69) is 21.7 Å². The normalized spacial score (nSPS) is 10.8. The van der Waals surface area contributed by atoms with Crippen LogP contribution in [0.1, 0.15) is 27.9 Å². The van der Waals surface area contributed by atoms with E-state index in [-0.39, 0.29) is 11.8 Å². The van der Waals surface area contributed by atoms with E-state index in [1.807, 2.05) is 36.5 Å². The average molecular weight is 427 g/mol. The Bertz CT molecular complexity index is 1210. The summed E-state index contributed by atoms with van der Waals surface area (Å²) in [6.07, 6.45) is 3.86. The van der Waals surface area contributed by atoms with Crippen molar-refractivity contribution in [2.24, 2.45) is 5.73 Å². The zero-order valence-corrected chi connectivity index (χ0v) is 17.7. The van der Waals surface area contributed by atoms with E-state index in [9.17, 15) is 9.59 Å². The van der Waals surface area contributed by atoms with Gasteiger partial charge in [-0.05, 0) is 79.0 Å². The van der Waals surface area contributed by atoms with Crippen LogP contribution in [0.3, 0.4) is 0 Å². The molecule has 0 aliphatic carbocycles. The fourth-order valence-electron chi connectivity index (χ4n) is 3.65. The van der Waals surface area contributed by atoms with Crippen molar-refractivity contribution in [1.29, 1.82) is 0 Å². The molecule has 0 unspecified atom stereocenters. The Morgan fingerprint density at radius 2 is 1.56 bits per heavy atom. The summed E-state index contributed by atoms with van der Waals surface area (Å²) in [5.74, 6) is -0.223. The first-order valence-corrected chi connectivity index (χ1v) is 10.7. The summed E-state index contributed by atoms with van der Waals surface area (Å²) in [5, 5.41) is 6.93. The quantitative estimate of drug-likeness (QED) is 0.334. The first kappa shape index (κ1) is 21.3. The Labute approximate surface area is 186 Å². The Balaban J connectivity index is 1.31. The minimum absolute atomic E-state index is 0.0533. The summed E-state index contributed by atoms with van der Waals surface area (Å²) in [7, 11) is 0. The number of anilines is 2. The molecule has 0 fully saturated rings. The number of carbonyl (C=O) groups excluding carboxylic acids is 2. The van der Waals surface area contributed by atoms with Crippen molar-refractivity contribution in [2.45, 2.75) is 19.3 Å². The zero-order chi connectivity index (χ0) is 22.3. The molecule has 3 aromatic carbocycles. The van der Waals surface area contributed by atoms with Crippen LogP contribution in [-0.2, 0) is 17.6 Å². The largest absolute Gasteiger partial charge is 0.361 e. The Morgan fingerprint density at radius 3 is 2.28 bits per heavy atom. The van der Waals surface area contributed by atoms with Crippen molar-refractivity contribution in [2.75, 3.05) is 17.2 Å². The Morgan fingerprint density at radius 1 is 0.844 bits per heavy atom. The topological polar surface area (TPSA) is 100 Å². The highest BCUT2D eigenvalue weighted by Crippen LogP contribution is 2.21. The van der Waals surface area contributed by atoms with Gasteiger partial charge in [-0.25, -0.2) is 0 Å². The summed E-state index contributed by atoms with van der Waals surface area (Å²) in [6.45, 7) is 0.605. The maximum atomic E-state index is 12.4. The predicted molar refractivity (Wildman–Crippen MR) is 129 cm³/mol. The van der Waals surface area contributed by atoms with E-state index in [0.717, 1.165) is 17.5 Å². The van der Waals surface area contributed by atoms with E-state index in [1.54, 1.807) is 36.4 Å². The van der Waals surface area contributed by atoms with E-state index in [4.69, 9.17) is 5.73 Å². The molecule has 0 aliphatic heterocycles. The van der Waals surface area contributed by atoms with Crippen LogP contribution in [0.5, 0.6) is 0 Å². The number of amides is 2. The lowest BCUT2D eigenvalue weighted by atomic mass is 10.0. The minimum Gasteiger partial charge on any atom is -0.361 e. The van der Waals surface area contributed by atoms with Crippen LogP contribution in [0.15, 0.2) is 79.0 Å². The number of nitrogens with two attached hydrogens (primary N) is 1. The Hall–Kier alpha value is -3.90. The third kappa shape index (κ3) is 5.22. The van der Waals surface area contributed by atoms with Crippen molar-refractivity contribution in [3.63, 3.8) is 0 Å². The molecule has 0 atom stereocenters. The summed E-state index contributed by atoms with van der Waals surface area (Å²) in [6, 6.07) is 22.4. The van der Waals surface area contributed by atoms with Gasteiger partial charge in [0.15, 0.2) is 0 Å². The highest BCUT2D eigenvalue weighted by Gasteiger charge is 2.08. The van der Waals surface area contributed by atoms with Crippen LogP contribution in [0.25, 0.3) is 10.9 Å². The second-order valence-corrected chi connectivity index (χ2v) is 7.68. The smallest absolute Gasteiger partial charge is 0.255 e. The van der Waals surface area contributed by atoms with Gasteiger partial charge in [0.2, 0.25) is 5.91 Å². The van der Waals surface area contributed by atoms with Crippen LogP contribution in [0.2, 0.25) is 0 Å². The van der Waals surface area contributed by atoms with E-state index < -0.39 is 0 Å². The molecule has 0 saturated carbocycles. The molecule has 4 rings (SSSR count). The fraction of sp³-hybridized carbons (Fsp3) is 0.154. The van der Waals surface area contributed by atoms with Gasteiger partial charge in [-0.15, -0.1) is 0 Å². The van der Waals surface area contributed by atoms with Crippen molar-refractivity contribution in [3.8, 4) is 0 Å². The maximum absolute atomic E-state index is 12.4. The first-order valence-electron chi connectivity index (χ1n) is 10.7. The molecule has 2 amide bonds. The van der Waals surface area contributed by atoms with Crippen molar-refractivity contribution in [3.05, 3.63) is 95.7 Å². The maximum Gasteiger partial charge on any atom is 0.255 e. The van der Waals surface area contributed by atoms with Crippen LogP contribution in [0.4, 0.5) is 11.4 Å². The number of rotatable bonds is 8. The molecular weight excluding hydrogens is 400 g/mol. The standard InChI is InChI=1S/C26H26N4O2/c27-15-14-20-17-28-24-12-6-18(16-23(20)24)7-13-25(31)29-21-8-10-22(11-9-21)30-26(32)19-4-2-1-3-5-19/h1-6,8-12,16-17,28H,7,13-15,27H2,(H,29,31)(H,30,32). The van der Waals surface area contributed by atoms with Gasteiger partial charge < -0.3 is 21.4 Å². The lowest BCUT2D eigenvalue weighted by Gasteiger charge is -2.08.